The zero-order valence-corrected chi connectivity index (χ0v) is 15.3. The number of urea groups is 1. The molecule has 122 valence electrons. The molecule has 2 aromatic carbocycles. The third-order valence-corrected chi connectivity index (χ3v) is 4.03. The quantitative estimate of drug-likeness (QED) is 0.775. The van der Waals surface area contributed by atoms with Crippen molar-refractivity contribution in [1.29, 1.82) is 0 Å². The van der Waals surface area contributed by atoms with E-state index in [0.29, 0.717) is 18.2 Å². The Morgan fingerprint density at radius 2 is 1.96 bits per heavy atom. The minimum atomic E-state index is -0.171. The van der Waals surface area contributed by atoms with E-state index in [2.05, 4.69) is 21.2 Å². The van der Waals surface area contributed by atoms with Crippen LogP contribution < -0.4 is 10.1 Å². The lowest BCUT2D eigenvalue weighted by Crippen LogP contribution is -2.34. The maximum Gasteiger partial charge on any atom is 0.321 e. The number of likely N-dealkylation sites (N-methyl/N-ethyl adjacent to an activating group) is 1. The SMILES string of the molecule is Cc1cc(Br)ccc1NC(=O)N(C)CCOc1ccc(Cl)cc1. The minimum absolute atomic E-state index is 0.171. The van der Waals surface area contributed by atoms with Crippen LogP contribution in [0, 0.1) is 6.92 Å². The number of rotatable bonds is 5. The number of aryl methyl sites for hydroxylation is 1. The van der Waals surface area contributed by atoms with Crippen molar-refractivity contribution in [3.8, 4) is 5.75 Å². The highest BCUT2D eigenvalue weighted by Gasteiger charge is 2.10. The molecule has 0 radical (unpaired) electrons. The van der Waals surface area contributed by atoms with Crippen LogP contribution in [0.3, 0.4) is 0 Å². The molecule has 0 spiro atoms. The van der Waals surface area contributed by atoms with Crippen LogP contribution in [-0.4, -0.2) is 31.1 Å². The van der Waals surface area contributed by atoms with Crippen molar-refractivity contribution in [2.45, 2.75) is 6.92 Å². The highest BCUT2D eigenvalue weighted by molar-refractivity contribution is 9.10. The number of halogens is 2. The van der Waals surface area contributed by atoms with Crippen molar-refractivity contribution < 1.29 is 9.53 Å². The van der Waals surface area contributed by atoms with E-state index >= 15 is 0 Å². The van der Waals surface area contributed by atoms with E-state index in [9.17, 15) is 4.79 Å². The second kappa shape index (κ2) is 8.22. The molecule has 0 fully saturated rings. The average molecular weight is 398 g/mol. The summed E-state index contributed by atoms with van der Waals surface area (Å²) in [5.74, 6) is 0.729. The van der Waals surface area contributed by atoms with E-state index in [1.807, 2.05) is 25.1 Å². The Morgan fingerprint density at radius 3 is 2.61 bits per heavy atom. The smallest absolute Gasteiger partial charge is 0.321 e. The molecule has 0 aliphatic carbocycles. The predicted molar refractivity (Wildman–Crippen MR) is 97.5 cm³/mol. The van der Waals surface area contributed by atoms with Crippen LogP contribution in [0.2, 0.25) is 5.02 Å². The molecule has 0 bridgehead atoms. The van der Waals surface area contributed by atoms with Crippen molar-refractivity contribution in [1.82, 2.24) is 4.90 Å². The van der Waals surface area contributed by atoms with Crippen molar-refractivity contribution in [2.24, 2.45) is 0 Å². The summed E-state index contributed by atoms with van der Waals surface area (Å²) in [5, 5.41) is 3.55. The molecule has 0 saturated heterocycles. The Kier molecular flexibility index (Phi) is 6.30. The summed E-state index contributed by atoms with van der Waals surface area (Å²) in [6, 6.07) is 12.7. The van der Waals surface area contributed by atoms with E-state index in [1.54, 1.807) is 36.2 Å². The molecule has 2 aromatic rings. The highest BCUT2D eigenvalue weighted by atomic mass is 79.9. The first-order chi connectivity index (χ1) is 11.0. The molecule has 0 unspecified atom stereocenters. The number of anilines is 1. The van der Waals surface area contributed by atoms with Crippen LogP contribution >= 0.6 is 27.5 Å². The summed E-state index contributed by atoms with van der Waals surface area (Å²) in [4.78, 5) is 13.7. The summed E-state index contributed by atoms with van der Waals surface area (Å²) in [5.41, 5.74) is 1.79. The number of amides is 2. The first-order valence-electron chi connectivity index (χ1n) is 7.12. The molecule has 0 saturated carbocycles. The zero-order chi connectivity index (χ0) is 16.8. The third kappa shape index (κ3) is 5.44. The van der Waals surface area contributed by atoms with Crippen LogP contribution in [0.25, 0.3) is 0 Å². The number of hydrogen-bond donors (Lipinski definition) is 1. The largest absolute Gasteiger partial charge is 0.492 e. The van der Waals surface area contributed by atoms with Gasteiger partial charge in [0.05, 0.1) is 6.54 Å². The second-order valence-corrected chi connectivity index (χ2v) is 6.47. The summed E-state index contributed by atoms with van der Waals surface area (Å²) in [6.07, 6.45) is 0. The van der Waals surface area contributed by atoms with E-state index < -0.39 is 0 Å². The zero-order valence-electron chi connectivity index (χ0n) is 13.0. The Hall–Kier alpha value is -1.72. The molecule has 0 aromatic heterocycles. The lowest BCUT2D eigenvalue weighted by Gasteiger charge is -2.19. The summed E-state index contributed by atoms with van der Waals surface area (Å²) in [6.45, 7) is 2.83. The lowest BCUT2D eigenvalue weighted by atomic mass is 10.2. The van der Waals surface area contributed by atoms with E-state index in [1.165, 1.54) is 0 Å². The predicted octanol–water partition coefficient (Wildman–Crippen LogP) is 4.95. The van der Waals surface area contributed by atoms with Crippen LogP contribution in [0.15, 0.2) is 46.9 Å². The van der Waals surface area contributed by atoms with Gasteiger partial charge in [0, 0.05) is 22.2 Å². The normalized spacial score (nSPS) is 10.3. The van der Waals surface area contributed by atoms with Gasteiger partial charge in [-0.05, 0) is 55.0 Å². The molecule has 1 N–H and O–H groups in total. The van der Waals surface area contributed by atoms with Crippen LogP contribution in [0.1, 0.15) is 5.56 Å². The molecule has 0 aliphatic heterocycles. The molecule has 4 nitrogen and oxygen atoms in total. The fourth-order valence-corrected chi connectivity index (χ4v) is 2.51. The van der Waals surface area contributed by atoms with Gasteiger partial charge in [-0.15, -0.1) is 0 Å². The third-order valence-electron chi connectivity index (χ3n) is 3.29. The molecular formula is C17H18BrClN2O2. The van der Waals surface area contributed by atoms with Crippen LogP contribution in [0.5, 0.6) is 5.75 Å². The van der Waals surface area contributed by atoms with Gasteiger partial charge in [-0.2, -0.15) is 0 Å². The molecule has 23 heavy (non-hydrogen) atoms. The average Bonchev–Trinajstić information content (AvgIpc) is 2.51. The first kappa shape index (κ1) is 17.6. The van der Waals surface area contributed by atoms with Gasteiger partial charge in [-0.1, -0.05) is 27.5 Å². The Labute approximate surface area is 149 Å². The van der Waals surface area contributed by atoms with Crippen molar-refractivity contribution in [2.75, 3.05) is 25.5 Å². The Bertz CT molecular complexity index is 677. The van der Waals surface area contributed by atoms with Gasteiger partial charge >= 0.3 is 6.03 Å². The lowest BCUT2D eigenvalue weighted by molar-refractivity contribution is 0.207. The van der Waals surface area contributed by atoms with Crippen LogP contribution in [0.4, 0.5) is 10.5 Å². The van der Waals surface area contributed by atoms with Gasteiger partial charge in [-0.25, -0.2) is 4.79 Å². The number of nitrogens with zero attached hydrogens (tertiary/aromatic N) is 1. The van der Waals surface area contributed by atoms with E-state index in [0.717, 1.165) is 21.5 Å². The summed E-state index contributed by atoms with van der Waals surface area (Å²) in [7, 11) is 1.73. The Balaban J connectivity index is 1.81. The van der Waals surface area contributed by atoms with E-state index in [-0.39, 0.29) is 6.03 Å². The van der Waals surface area contributed by atoms with Gasteiger partial charge in [0.25, 0.3) is 0 Å². The number of ether oxygens (including phenoxy) is 1. The van der Waals surface area contributed by atoms with Gasteiger partial charge in [0.1, 0.15) is 12.4 Å². The molecule has 2 amide bonds. The topological polar surface area (TPSA) is 41.6 Å². The van der Waals surface area contributed by atoms with Crippen molar-refractivity contribution >= 4 is 39.2 Å². The number of carbonyl (C=O) groups is 1. The molecule has 0 heterocycles. The van der Waals surface area contributed by atoms with Gasteiger partial charge < -0.3 is 15.0 Å². The van der Waals surface area contributed by atoms with Crippen molar-refractivity contribution in [3.05, 3.63) is 57.5 Å². The number of nitrogens with one attached hydrogen (secondary N) is 1. The highest BCUT2D eigenvalue weighted by Crippen LogP contribution is 2.20. The summed E-state index contributed by atoms with van der Waals surface area (Å²) >= 11 is 9.22. The molecule has 2 rings (SSSR count). The fourth-order valence-electron chi connectivity index (χ4n) is 1.91. The van der Waals surface area contributed by atoms with Gasteiger partial charge in [-0.3, -0.25) is 0 Å². The second-order valence-electron chi connectivity index (χ2n) is 5.11. The monoisotopic (exact) mass is 396 g/mol. The maximum absolute atomic E-state index is 12.2. The van der Waals surface area contributed by atoms with Gasteiger partial charge in [0.15, 0.2) is 0 Å². The van der Waals surface area contributed by atoms with Gasteiger partial charge in [0.2, 0.25) is 0 Å². The minimum Gasteiger partial charge on any atom is -0.492 e. The summed E-state index contributed by atoms with van der Waals surface area (Å²) < 4.78 is 6.57. The van der Waals surface area contributed by atoms with E-state index in [4.69, 9.17) is 16.3 Å². The van der Waals surface area contributed by atoms with Crippen molar-refractivity contribution in [3.63, 3.8) is 0 Å². The molecular weight excluding hydrogens is 380 g/mol. The number of hydrogen-bond acceptors (Lipinski definition) is 2. The molecule has 0 atom stereocenters. The molecule has 0 aliphatic rings. The van der Waals surface area contributed by atoms with Crippen LogP contribution in [-0.2, 0) is 0 Å². The maximum atomic E-state index is 12.2. The fraction of sp³-hybridized carbons (Fsp3) is 0.235. The first-order valence-corrected chi connectivity index (χ1v) is 8.29. The number of carbonyl (C=O) groups excluding carboxylic acids is 1. The molecule has 6 heteroatoms. The number of benzene rings is 2. The Morgan fingerprint density at radius 1 is 1.26 bits per heavy atom. The standard InChI is InChI=1S/C17H18BrClN2O2/c1-12-11-13(18)3-8-16(12)20-17(22)21(2)9-10-23-15-6-4-14(19)5-7-15/h3-8,11H,9-10H2,1-2H3,(H,20,22).